The predicted molar refractivity (Wildman–Crippen MR) is 77.5 cm³/mol. The van der Waals surface area contributed by atoms with Crippen LogP contribution in [0.5, 0.6) is 0 Å². The summed E-state index contributed by atoms with van der Waals surface area (Å²) in [6.07, 6.45) is 13.2. The lowest BCUT2D eigenvalue weighted by Crippen LogP contribution is -2.50. The number of hydrogen-bond acceptors (Lipinski definition) is 3. The smallest absolute Gasteiger partial charge is 0.258 e. The van der Waals surface area contributed by atoms with Crippen molar-refractivity contribution in [1.82, 2.24) is 10.4 Å². The molecule has 1 N–H and O–H groups in total. The molecule has 2 unspecified atom stereocenters. The van der Waals surface area contributed by atoms with Crippen molar-refractivity contribution in [2.24, 2.45) is 11.8 Å². The first kappa shape index (κ1) is 13.4. The normalized spacial score (nSPS) is 27.4. The fourth-order valence-electron chi connectivity index (χ4n) is 3.44. The van der Waals surface area contributed by atoms with E-state index < -0.39 is 0 Å². The summed E-state index contributed by atoms with van der Waals surface area (Å²) >= 11 is 0. The molecule has 1 saturated carbocycles. The summed E-state index contributed by atoms with van der Waals surface area (Å²) in [5.74, 6) is 1.61. The number of carbonyl (C=O) groups is 1. The SMILES string of the molecule is O=C(/C=C/c1ccoc1)NN1CCC2CCCCC2C1. The minimum Gasteiger partial charge on any atom is -0.472 e. The standard InChI is InChI=1S/C16H22N2O2/c19-16(6-5-13-8-10-20-12-13)17-18-9-7-14-3-1-2-4-15(14)11-18/h5-6,8,10,12,14-15H,1-4,7,9,11H2,(H,17,19)/b6-5+. The van der Waals surface area contributed by atoms with Gasteiger partial charge in [0, 0.05) is 24.7 Å². The molecule has 0 spiro atoms. The van der Waals surface area contributed by atoms with Crippen molar-refractivity contribution < 1.29 is 9.21 Å². The molecule has 1 saturated heterocycles. The van der Waals surface area contributed by atoms with E-state index in [0.29, 0.717) is 0 Å². The van der Waals surface area contributed by atoms with Gasteiger partial charge in [-0.1, -0.05) is 19.3 Å². The summed E-state index contributed by atoms with van der Waals surface area (Å²) in [5.41, 5.74) is 3.90. The van der Waals surface area contributed by atoms with Crippen LogP contribution in [0.3, 0.4) is 0 Å². The zero-order valence-corrected chi connectivity index (χ0v) is 11.8. The Kier molecular flexibility index (Phi) is 4.21. The van der Waals surface area contributed by atoms with Crippen LogP contribution in [-0.4, -0.2) is 24.0 Å². The first-order valence-electron chi connectivity index (χ1n) is 7.57. The number of hydrogen-bond donors (Lipinski definition) is 1. The summed E-state index contributed by atoms with van der Waals surface area (Å²) in [5, 5.41) is 2.09. The van der Waals surface area contributed by atoms with Crippen LogP contribution < -0.4 is 5.43 Å². The number of nitrogens with one attached hydrogen (secondary N) is 1. The molecule has 0 bridgehead atoms. The lowest BCUT2D eigenvalue weighted by Gasteiger charge is -2.41. The van der Waals surface area contributed by atoms with E-state index >= 15 is 0 Å². The van der Waals surface area contributed by atoms with Crippen LogP contribution in [0.25, 0.3) is 6.08 Å². The second-order valence-corrected chi connectivity index (χ2v) is 5.91. The Balaban J connectivity index is 1.49. The van der Waals surface area contributed by atoms with Crippen LogP contribution in [0.2, 0.25) is 0 Å². The monoisotopic (exact) mass is 274 g/mol. The van der Waals surface area contributed by atoms with E-state index in [1.807, 2.05) is 6.07 Å². The average molecular weight is 274 g/mol. The maximum absolute atomic E-state index is 11.9. The van der Waals surface area contributed by atoms with E-state index in [9.17, 15) is 4.79 Å². The van der Waals surface area contributed by atoms with Gasteiger partial charge in [-0.25, -0.2) is 5.01 Å². The Labute approximate surface area is 119 Å². The Morgan fingerprint density at radius 2 is 2.15 bits per heavy atom. The van der Waals surface area contributed by atoms with Gasteiger partial charge in [0.25, 0.3) is 5.91 Å². The van der Waals surface area contributed by atoms with Gasteiger partial charge in [0.05, 0.1) is 12.5 Å². The van der Waals surface area contributed by atoms with Crippen molar-refractivity contribution in [1.29, 1.82) is 0 Å². The molecule has 0 aromatic carbocycles. The Bertz CT molecular complexity index is 467. The average Bonchev–Trinajstić information content (AvgIpc) is 2.98. The van der Waals surface area contributed by atoms with Gasteiger partial charge < -0.3 is 4.42 Å². The van der Waals surface area contributed by atoms with E-state index in [2.05, 4.69) is 10.4 Å². The van der Waals surface area contributed by atoms with Crippen molar-refractivity contribution in [3.05, 3.63) is 30.2 Å². The van der Waals surface area contributed by atoms with Crippen molar-refractivity contribution in [3.8, 4) is 0 Å². The van der Waals surface area contributed by atoms with Gasteiger partial charge in [0.1, 0.15) is 0 Å². The highest BCUT2D eigenvalue weighted by Gasteiger charge is 2.31. The molecule has 1 amide bonds. The fourth-order valence-corrected chi connectivity index (χ4v) is 3.44. The maximum Gasteiger partial charge on any atom is 0.258 e. The third kappa shape index (κ3) is 3.31. The van der Waals surface area contributed by atoms with Crippen LogP contribution in [0.15, 0.2) is 29.1 Å². The number of hydrazine groups is 1. The molecule has 1 aliphatic heterocycles. The molecule has 2 heterocycles. The van der Waals surface area contributed by atoms with Crippen molar-refractivity contribution in [2.75, 3.05) is 13.1 Å². The van der Waals surface area contributed by atoms with Gasteiger partial charge in [-0.05, 0) is 36.8 Å². The van der Waals surface area contributed by atoms with Crippen LogP contribution in [0.1, 0.15) is 37.7 Å². The molecule has 20 heavy (non-hydrogen) atoms. The lowest BCUT2D eigenvalue weighted by molar-refractivity contribution is -0.122. The van der Waals surface area contributed by atoms with Crippen molar-refractivity contribution >= 4 is 12.0 Å². The largest absolute Gasteiger partial charge is 0.472 e. The molecule has 2 aliphatic rings. The highest BCUT2D eigenvalue weighted by Crippen LogP contribution is 2.35. The van der Waals surface area contributed by atoms with Crippen LogP contribution in [-0.2, 0) is 4.79 Å². The maximum atomic E-state index is 11.9. The summed E-state index contributed by atoms with van der Waals surface area (Å²) in [6, 6.07) is 1.83. The number of amides is 1. The quantitative estimate of drug-likeness (QED) is 0.862. The molecular formula is C16H22N2O2. The predicted octanol–water partition coefficient (Wildman–Crippen LogP) is 2.84. The van der Waals surface area contributed by atoms with E-state index in [-0.39, 0.29) is 5.91 Å². The van der Waals surface area contributed by atoms with E-state index in [1.165, 1.54) is 32.1 Å². The molecule has 1 aromatic rings. The number of fused-ring (bicyclic) bond motifs is 1. The summed E-state index contributed by atoms with van der Waals surface area (Å²) < 4.78 is 4.96. The van der Waals surface area contributed by atoms with Gasteiger partial charge in [-0.3, -0.25) is 10.2 Å². The number of nitrogens with zero attached hydrogens (tertiary/aromatic N) is 1. The van der Waals surface area contributed by atoms with E-state index in [4.69, 9.17) is 4.42 Å². The number of rotatable bonds is 3. The van der Waals surface area contributed by atoms with Gasteiger partial charge in [0.15, 0.2) is 0 Å². The van der Waals surface area contributed by atoms with E-state index in [1.54, 1.807) is 24.7 Å². The number of carbonyl (C=O) groups excluding carboxylic acids is 1. The highest BCUT2D eigenvalue weighted by molar-refractivity contribution is 5.91. The fraction of sp³-hybridized carbons (Fsp3) is 0.562. The van der Waals surface area contributed by atoms with Crippen molar-refractivity contribution in [3.63, 3.8) is 0 Å². The van der Waals surface area contributed by atoms with Gasteiger partial charge >= 0.3 is 0 Å². The molecule has 1 aromatic heterocycles. The molecule has 1 aliphatic carbocycles. The Morgan fingerprint density at radius 3 is 2.95 bits per heavy atom. The zero-order chi connectivity index (χ0) is 13.8. The molecule has 4 heteroatoms. The second kappa shape index (κ2) is 6.27. The van der Waals surface area contributed by atoms with Crippen LogP contribution in [0, 0.1) is 11.8 Å². The van der Waals surface area contributed by atoms with Gasteiger partial charge in [-0.2, -0.15) is 0 Å². The first-order valence-corrected chi connectivity index (χ1v) is 7.57. The zero-order valence-electron chi connectivity index (χ0n) is 11.8. The third-order valence-corrected chi connectivity index (χ3v) is 4.53. The summed E-state index contributed by atoms with van der Waals surface area (Å²) in [4.78, 5) is 11.9. The minimum absolute atomic E-state index is 0.0551. The second-order valence-electron chi connectivity index (χ2n) is 5.91. The molecule has 108 valence electrons. The Hall–Kier alpha value is -1.55. The van der Waals surface area contributed by atoms with Gasteiger partial charge in [-0.15, -0.1) is 0 Å². The number of furan rings is 1. The molecule has 3 rings (SSSR count). The topological polar surface area (TPSA) is 45.5 Å². The van der Waals surface area contributed by atoms with E-state index in [0.717, 1.165) is 30.5 Å². The minimum atomic E-state index is -0.0551. The summed E-state index contributed by atoms with van der Waals surface area (Å²) in [7, 11) is 0. The highest BCUT2D eigenvalue weighted by atomic mass is 16.3. The Morgan fingerprint density at radius 1 is 1.30 bits per heavy atom. The third-order valence-electron chi connectivity index (χ3n) is 4.53. The lowest BCUT2D eigenvalue weighted by atomic mass is 9.75. The molecule has 2 atom stereocenters. The molecule has 2 fully saturated rings. The first-order chi connectivity index (χ1) is 9.81. The van der Waals surface area contributed by atoms with Crippen molar-refractivity contribution in [2.45, 2.75) is 32.1 Å². The molecule has 0 radical (unpaired) electrons. The van der Waals surface area contributed by atoms with Crippen LogP contribution >= 0.6 is 0 Å². The van der Waals surface area contributed by atoms with Gasteiger partial charge in [0.2, 0.25) is 0 Å². The number of piperidine rings is 1. The molecular weight excluding hydrogens is 252 g/mol. The summed E-state index contributed by atoms with van der Waals surface area (Å²) in [6.45, 7) is 1.99. The van der Waals surface area contributed by atoms with Crippen LogP contribution in [0.4, 0.5) is 0 Å². The molecule has 4 nitrogen and oxygen atoms in total.